The Balaban J connectivity index is 2.55. The zero-order valence-electron chi connectivity index (χ0n) is 11.6. The molecule has 18 heavy (non-hydrogen) atoms. The summed E-state index contributed by atoms with van der Waals surface area (Å²) in [6.45, 7) is 9.13. The standard InChI is InChI=1S/C15H22N2O/c1-11(15(2,3)4)17-10-14(18)13-7-5-12(9-16)6-8-13/h5-8,11,14,17-18H,10H2,1-4H3. The van der Waals surface area contributed by atoms with Gasteiger partial charge in [-0.15, -0.1) is 0 Å². The van der Waals surface area contributed by atoms with Gasteiger partial charge in [0.2, 0.25) is 0 Å². The van der Waals surface area contributed by atoms with E-state index in [0.29, 0.717) is 18.2 Å². The number of nitriles is 1. The molecule has 3 nitrogen and oxygen atoms in total. The molecule has 0 aromatic heterocycles. The summed E-state index contributed by atoms with van der Waals surface area (Å²) in [6, 6.07) is 9.44. The minimum Gasteiger partial charge on any atom is -0.387 e. The number of nitrogens with zero attached hydrogens (tertiary/aromatic N) is 1. The van der Waals surface area contributed by atoms with E-state index in [4.69, 9.17) is 5.26 Å². The molecule has 3 heteroatoms. The van der Waals surface area contributed by atoms with Gasteiger partial charge in [0.05, 0.1) is 17.7 Å². The van der Waals surface area contributed by atoms with Crippen molar-refractivity contribution in [1.82, 2.24) is 5.32 Å². The maximum absolute atomic E-state index is 10.1. The summed E-state index contributed by atoms with van der Waals surface area (Å²) < 4.78 is 0. The largest absolute Gasteiger partial charge is 0.387 e. The van der Waals surface area contributed by atoms with Crippen LogP contribution in [0.1, 0.15) is 44.9 Å². The molecule has 0 heterocycles. The van der Waals surface area contributed by atoms with Crippen LogP contribution in [-0.4, -0.2) is 17.7 Å². The van der Waals surface area contributed by atoms with E-state index in [2.05, 4.69) is 39.1 Å². The van der Waals surface area contributed by atoms with E-state index >= 15 is 0 Å². The van der Waals surface area contributed by atoms with E-state index in [0.717, 1.165) is 5.56 Å². The predicted molar refractivity (Wildman–Crippen MR) is 73.0 cm³/mol. The van der Waals surface area contributed by atoms with Crippen LogP contribution in [0, 0.1) is 16.7 Å². The highest BCUT2D eigenvalue weighted by Gasteiger charge is 2.20. The molecule has 0 amide bonds. The van der Waals surface area contributed by atoms with Crippen LogP contribution in [0.15, 0.2) is 24.3 Å². The number of aliphatic hydroxyl groups excluding tert-OH is 1. The SMILES string of the molecule is CC(NCC(O)c1ccc(C#N)cc1)C(C)(C)C. The molecule has 1 aromatic carbocycles. The lowest BCUT2D eigenvalue weighted by Gasteiger charge is -2.29. The molecule has 2 atom stereocenters. The number of rotatable bonds is 4. The Kier molecular flexibility index (Phi) is 4.89. The molecular formula is C15H22N2O. The van der Waals surface area contributed by atoms with Gasteiger partial charge in [0.25, 0.3) is 0 Å². The molecule has 0 aliphatic heterocycles. The fraction of sp³-hybridized carbons (Fsp3) is 0.533. The van der Waals surface area contributed by atoms with Crippen molar-refractivity contribution in [2.24, 2.45) is 5.41 Å². The van der Waals surface area contributed by atoms with Crippen molar-refractivity contribution in [1.29, 1.82) is 5.26 Å². The van der Waals surface area contributed by atoms with Gasteiger partial charge >= 0.3 is 0 Å². The van der Waals surface area contributed by atoms with Crippen molar-refractivity contribution < 1.29 is 5.11 Å². The maximum atomic E-state index is 10.1. The molecule has 98 valence electrons. The van der Waals surface area contributed by atoms with Crippen LogP contribution < -0.4 is 5.32 Å². The summed E-state index contributed by atoms with van der Waals surface area (Å²) in [4.78, 5) is 0. The second-order valence-electron chi connectivity index (χ2n) is 5.75. The molecule has 1 aromatic rings. The molecule has 2 N–H and O–H groups in total. The van der Waals surface area contributed by atoms with E-state index in [1.807, 2.05) is 0 Å². The summed E-state index contributed by atoms with van der Waals surface area (Å²) in [7, 11) is 0. The Hall–Kier alpha value is -1.37. The number of nitrogens with one attached hydrogen (secondary N) is 1. The Morgan fingerprint density at radius 3 is 2.28 bits per heavy atom. The molecule has 0 spiro atoms. The van der Waals surface area contributed by atoms with Crippen LogP contribution in [0.2, 0.25) is 0 Å². The molecule has 0 saturated heterocycles. The van der Waals surface area contributed by atoms with E-state index in [-0.39, 0.29) is 5.41 Å². The van der Waals surface area contributed by atoms with Gasteiger partial charge in [0.1, 0.15) is 0 Å². The minimum absolute atomic E-state index is 0.171. The second-order valence-corrected chi connectivity index (χ2v) is 5.75. The maximum Gasteiger partial charge on any atom is 0.0991 e. The Morgan fingerprint density at radius 1 is 1.28 bits per heavy atom. The quantitative estimate of drug-likeness (QED) is 0.858. The first-order valence-electron chi connectivity index (χ1n) is 6.26. The van der Waals surface area contributed by atoms with E-state index in [1.54, 1.807) is 24.3 Å². The monoisotopic (exact) mass is 246 g/mol. The van der Waals surface area contributed by atoms with Gasteiger partial charge in [-0.25, -0.2) is 0 Å². The summed E-state index contributed by atoms with van der Waals surface area (Å²) >= 11 is 0. The summed E-state index contributed by atoms with van der Waals surface area (Å²) in [5.74, 6) is 0. The highest BCUT2D eigenvalue weighted by molar-refractivity contribution is 5.32. The van der Waals surface area contributed by atoms with Gasteiger partial charge < -0.3 is 10.4 Å². The number of hydrogen-bond acceptors (Lipinski definition) is 3. The van der Waals surface area contributed by atoms with Gasteiger partial charge in [0.15, 0.2) is 0 Å². The van der Waals surface area contributed by atoms with Gasteiger partial charge in [0, 0.05) is 12.6 Å². The Morgan fingerprint density at radius 2 is 1.83 bits per heavy atom. The molecule has 0 radical (unpaired) electrons. The first-order chi connectivity index (χ1) is 8.34. The third-order valence-electron chi connectivity index (χ3n) is 3.34. The third kappa shape index (κ3) is 4.14. The Bertz CT molecular complexity index is 412. The van der Waals surface area contributed by atoms with Crippen LogP contribution in [0.25, 0.3) is 0 Å². The average molecular weight is 246 g/mol. The highest BCUT2D eigenvalue weighted by atomic mass is 16.3. The average Bonchev–Trinajstić information content (AvgIpc) is 2.34. The fourth-order valence-electron chi connectivity index (χ4n) is 1.49. The van der Waals surface area contributed by atoms with Crippen molar-refractivity contribution in [2.75, 3.05) is 6.54 Å². The lowest BCUT2D eigenvalue weighted by atomic mass is 9.88. The van der Waals surface area contributed by atoms with Crippen LogP contribution >= 0.6 is 0 Å². The minimum atomic E-state index is -0.539. The van der Waals surface area contributed by atoms with E-state index in [1.165, 1.54) is 0 Å². The molecule has 0 aliphatic rings. The lowest BCUT2D eigenvalue weighted by Crippen LogP contribution is -2.39. The highest BCUT2D eigenvalue weighted by Crippen LogP contribution is 2.19. The van der Waals surface area contributed by atoms with Crippen molar-refractivity contribution in [3.8, 4) is 6.07 Å². The lowest BCUT2D eigenvalue weighted by molar-refractivity contribution is 0.158. The summed E-state index contributed by atoms with van der Waals surface area (Å²) in [5.41, 5.74) is 1.62. The van der Waals surface area contributed by atoms with E-state index < -0.39 is 6.10 Å². The van der Waals surface area contributed by atoms with Crippen molar-refractivity contribution >= 4 is 0 Å². The van der Waals surface area contributed by atoms with E-state index in [9.17, 15) is 5.11 Å². The molecule has 2 unspecified atom stereocenters. The van der Waals surface area contributed by atoms with Gasteiger partial charge in [-0.2, -0.15) is 5.26 Å². The van der Waals surface area contributed by atoms with Gasteiger partial charge in [-0.05, 0) is 30.0 Å². The zero-order valence-corrected chi connectivity index (χ0v) is 11.6. The third-order valence-corrected chi connectivity index (χ3v) is 3.34. The first kappa shape index (κ1) is 14.7. The molecule has 1 rings (SSSR count). The van der Waals surface area contributed by atoms with Gasteiger partial charge in [-0.3, -0.25) is 0 Å². The van der Waals surface area contributed by atoms with Crippen LogP contribution in [0.4, 0.5) is 0 Å². The summed E-state index contributed by atoms with van der Waals surface area (Å²) in [6.07, 6.45) is -0.539. The van der Waals surface area contributed by atoms with Gasteiger partial charge in [-0.1, -0.05) is 32.9 Å². The van der Waals surface area contributed by atoms with Crippen molar-refractivity contribution in [3.05, 3.63) is 35.4 Å². The van der Waals surface area contributed by atoms with Crippen LogP contribution in [0.3, 0.4) is 0 Å². The topological polar surface area (TPSA) is 56.0 Å². The second kappa shape index (κ2) is 5.99. The summed E-state index contributed by atoms with van der Waals surface area (Å²) in [5, 5.41) is 22.1. The molecular weight excluding hydrogens is 224 g/mol. The molecule has 0 aliphatic carbocycles. The fourth-order valence-corrected chi connectivity index (χ4v) is 1.49. The van der Waals surface area contributed by atoms with Crippen LogP contribution in [-0.2, 0) is 0 Å². The van der Waals surface area contributed by atoms with Crippen LogP contribution in [0.5, 0.6) is 0 Å². The number of hydrogen-bond donors (Lipinski definition) is 2. The normalized spacial score (nSPS) is 14.9. The molecule has 0 fully saturated rings. The Labute approximate surface area is 109 Å². The number of benzene rings is 1. The molecule has 0 bridgehead atoms. The van der Waals surface area contributed by atoms with Crippen molar-refractivity contribution in [2.45, 2.75) is 39.8 Å². The molecule has 0 saturated carbocycles. The predicted octanol–water partition coefficient (Wildman–Crippen LogP) is 2.62. The smallest absolute Gasteiger partial charge is 0.0991 e. The van der Waals surface area contributed by atoms with Crippen molar-refractivity contribution in [3.63, 3.8) is 0 Å². The zero-order chi connectivity index (χ0) is 13.8. The number of aliphatic hydroxyl groups is 1. The first-order valence-corrected chi connectivity index (χ1v) is 6.26.